The van der Waals surface area contributed by atoms with E-state index in [1.54, 1.807) is 35.7 Å². The number of hydrogen-bond acceptors (Lipinski definition) is 6. The summed E-state index contributed by atoms with van der Waals surface area (Å²) in [4.78, 5) is 23.0. The zero-order chi connectivity index (χ0) is 15.9. The number of methoxy groups -OCH3 is 1. The van der Waals surface area contributed by atoms with Crippen molar-refractivity contribution in [2.75, 3.05) is 19.0 Å². The number of hydrogen-bond donors (Lipinski definition) is 1. The molecule has 0 saturated carbocycles. The molecule has 1 aromatic carbocycles. The molecule has 2 aromatic rings. The normalized spacial score (nSPS) is 9.64. The third-order valence-electron chi connectivity index (χ3n) is 2.68. The molecule has 1 N–H and O–H groups in total. The van der Waals surface area contributed by atoms with Crippen molar-refractivity contribution in [1.82, 2.24) is 0 Å². The van der Waals surface area contributed by atoms with Crippen molar-refractivity contribution in [2.24, 2.45) is 0 Å². The van der Waals surface area contributed by atoms with E-state index in [1.807, 2.05) is 6.07 Å². The van der Waals surface area contributed by atoms with Gasteiger partial charge in [0.15, 0.2) is 6.61 Å². The van der Waals surface area contributed by atoms with Crippen LogP contribution in [-0.4, -0.2) is 25.6 Å². The Bertz CT molecular complexity index is 716. The van der Waals surface area contributed by atoms with Gasteiger partial charge in [0.25, 0.3) is 5.91 Å². The molecular weight excluding hydrogens is 304 g/mol. The van der Waals surface area contributed by atoms with E-state index >= 15 is 0 Å². The second-order valence-corrected chi connectivity index (χ2v) is 5.04. The molecule has 1 heterocycles. The van der Waals surface area contributed by atoms with Crippen LogP contribution in [0.3, 0.4) is 0 Å². The number of carbonyl (C=O) groups excluding carboxylic acids is 2. The van der Waals surface area contributed by atoms with Crippen molar-refractivity contribution in [3.63, 3.8) is 0 Å². The fourth-order valence-corrected chi connectivity index (χ4v) is 2.36. The Morgan fingerprint density at radius 2 is 2.00 bits per heavy atom. The van der Waals surface area contributed by atoms with E-state index in [-0.39, 0.29) is 12.5 Å². The van der Waals surface area contributed by atoms with Gasteiger partial charge in [-0.05, 0) is 35.7 Å². The van der Waals surface area contributed by atoms with E-state index in [9.17, 15) is 9.59 Å². The van der Waals surface area contributed by atoms with Crippen molar-refractivity contribution in [1.29, 1.82) is 5.26 Å². The smallest absolute Gasteiger partial charge is 0.337 e. The van der Waals surface area contributed by atoms with Gasteiger partial charge < -0.3 is 14.8 Å². The van der Waals surface area contributed by atoms with Gasteiger partial charge in [0.1, 0.15) is 16.8 Å². The molecule has 6 nitrogen and oxygen atoms in total. The van der Waals surface area contributed by atoms with Crippen molar-refractivity contribution in [3.8, 4) is 11.8 Å². The summed E-state index contributed by atoms with van der Waals surface area (Å²) >= 11 is 1.27. The molecule has 0 fully saturated rings. The molecule has 2 rings (SSSR count). The lowest BCUT2D eigenvalue weighted by Crippen LogP contribution is -2.20. The van der Waals surface area contributed by atoms with Gasteiger partial charge in [-0.3, -0.25) is 4.79 Å². The Balaban J connectivity index is 1.89. The van der Waals surface area contributed by atoms with Crippen molar-refractivity contribution < 1.29 is 19.1 Å². The molecule has 22 heavy (non-hydrogen) atoms. The second-order valence-electron chi connectivity index (χ2n) is 4.13. The van der Waals surface area contributed by atoms with Gasteiger partial charge in [0, 0.05) is 0 Å². The Labute approximate surface area is 130 Å². The molecule has 0 aliphatic heterocycles. The largest absolute Gasteiger partial charge is 0.484 e. The summed E-state index contributed by atoms with van der Waals surface area (Å²) in [5.74, 6) is -0.350. The highest BCUT2D eigenvalue weighted by molar-refractivity contribution is 7.14. The van der Waals surface area contributed by atoms with Gasteiger partial charge in [-0.25, -0.2) is 4.79 Å². The lowest BCUT2D eigenvalue weighted by molar-refractivity contribution is -0.118. The third-order valence-corrected chi connectivity index (χ3v) is 3.51. The molecule has 0 aliphatic carbocycles. The van der Waals surface area contributed by atoms with Crippen LogP contribution < -0.4 is 10.1 Å². The number of nitrogens with zero attached hydrogens (tertiary/aromatic N) is 1. The highest BCUT2D eigenvalue weighted by Crippen LogP contribution is 2.22. The molecular formula is C15H12N2O4S. The molecule has 1 amide bonds. The first-order chi connectivity index (χ1) is 10.6. The number of nitrogens with one attached hydrogen (secondary N) is 1. The maximum Gasteiger partial charge on any atom is 0.337 e. The maximum absolute atomic E-state index is 11.8. The minimum absolute atomic E-state index is 0.194. The van der Waals surface area contributed by atoms with Crippen LogP contribution >= 0.6 is 11.3 Å². The summed E-state index contributed by atoms with van der Waals surface area (Å²) in [6, 6.07) is 9.86. The fourth-order valence-electron chi connectivity index (χ4n) is 1.61. The Morgan fingerprint density at radius 3 is 2.64 bits per heavy atom. The first kappa shape index (κ1) is 15.5. The predicted molar refractivity (Wildman–Crippen MR) is 80.9 cm³/mol. The molecule has 0 aliphatic rings. The van der Waals surface area contributed by atoms with Crippen LogP contribution in [-0.2, 0) is 9.53 Å². The zero-order valence-corrected chi connectivity index (χ0v) is 12.5. The number of esters is 1. The topological polar surface area (TPSA) is 88.4 Å². The minimum atomic E-state index is -0.439. The predicted octanol–water partition coefficient (Wildman–Crippen LogP) is 2.42. The molecule has 0 bridgehead atoms. The van der Waals surface area contributed by atoms with Crippen LogP contribution in [0.2, 0.25) is 0 Å². The summed E-state index contributed by atoms with van der Waals surface area (Å²) in [7, 11) is 1.30. The van der Waals surface area contributed by atoms with Crippen LogP contribution in [0.25, 0.3) is 0 Å². The number of nitriles is 1. The lowest BCUT2D eigenvalue weighted by atomic mass is 10.2. The van der Waals surface area contributed by atoms with Gasteiger partial charge >= 0.3 is 5.97 Å². The van der Waals surface area contributed by atoms with E-state index in [0.717, 1.165) is 0 Å². The summed E-state index contributed by atoms with van der Waals surface area (Å²) in [6.07, 6.45) is 0. The molecule has 0 atom stereocenters. The average Bonchev–Trinajstić information content (AvgIpc) is 2.99. The number of anilines is 1. The molecule has 1 aromatic heterocycles. The maximum atomic E-state index is 11.8. The highest BCUT2D eigenvalue weighted by atomic mass is 32.1. The number of thiophene rings is 1. The molecule has 112 valence electrons. The van der Waals surface area contributed by atoms with Gasteiger partial charge in [0.2, 0.25) is 0 Å². The second kappa shape index (κ2) is 7.24. The molecule has 0 spiro atoms. The number of amides is 1. The van der Waals surface area contributed by atoms with Crippen LogP contribution in [0.4, 0.5) is 5.00 Å². The van der Waals surface area contributed by atoms with E-state index in [4.69, 9.17) is 10.00 Å². The Kier molecular flexibility index (Phi) is 5.11. The van der Waals surface area contributed by atoms with E-state index in [1.165, 1.54) is 18.4 Å². The number of carbonyl (C=O) groups is 2. The number of benzene rings is 1. The third kappa shape index (κ3) is 3.84. The quantitative estimate of drug-likeness (QED) is 0.856. The first-order valence-corrected chi connectivity index (χ1v) is 7.10. The Morgan fingerprint density at radius 1 is 1.27 bits per heavy atom. The van der Waals surface area contributed by atoms with E-state index < -0.39 is 5.97 Å². The van der Waals surface area contributed by atoms with Crippen LogP contribution in [0, 0.1) is 11.3 Å². The summed E-state index contributed by atoms with van der Waals surface area (Å²) in [5, 5.41) is 13.7. The fraction of sp³-hybridized carbons (Fsp3) is 0.133. The number of ether oxygens (including phenoxy) is 2. The molecule has 7 heteroatoms. The monoisotopic (exact) mass is 316 g/mol. The van der Waals surface area contributed by atoms with Gasteiger partial charge in [-0.2, -0.15) is 5.26 Å². The van der Waals surface area contributed by atoms with E-state index in [0.29, 0.717) is 21.9 Å². The van der Waals surface area contributed by atoms with Gasteiger partial charge in [-0.15, -0.1) is 11.3 Å². The van der Waals surface area contributed by atoms with Gasteiger partial charge in [-0.1, -0.05) is 0 Å². The SMILES string of the molecule is COC(=O)c1ccc(OCC(=O)Nc2sccc2C#N)cc1. The van der Waals surface area contributed by atoms with E-state index in [2.05, 4.69) is 10.1 Å². The summed E-state index contributed by atoms with van der Waals surface area (Å²) in [6.45, 7) is -0.194. The minimum Gasteiger partial charge on any atom is -0.484 e. The average molecular weight is 316 g/mol. The molecule has 0 unspecified atom stereocenters. The van der Waals surface area contributed by atoms with Crippen LogP contribution in [0.5, 0.6) is 5.75 Å². The van der Waals surface area contributed by atoms with Crippen LogP contribution in [0.15, 0.2) is 35.7 Å². The first-order valence-electron chi connectivity index (χ1n) is 6.22. The zero-order valence-electron chi connectivity index (χ0n) is 11.7. The molecule has 0 saturated heterocycles. The lowest BCUT2D eigenvalue weighted by Gasteiger charge is -2.07. The van der Waals surface area contributed by atoms with Crippen molar-refractivity contribution >= 4 is 28.2 Å². The highest BCUT2D eigenvalue weighted by Gasteiger charge is 2.09. The van der Waals surface area contributed by atoms with Gasteiger partial charge in [0.05, 0.1) is 18.2 Å². The van der Waals surface area contributed by atoms with Crippen molar-refractivity contribution in [2.45, 2.75) is 0 Å². The molecule has 0 radical (unpaired) electrons. The Hall–Kier alpha value is -2.85. The number of rotatable bonds is 5. The summed E-state index contributed by atoms with van der Waals surface area (Å²) < 4.78 is 9.90. The van der Waals surface area contributed by atoms with Crippen molar-refractivity contribution in [3.05, 3.63) is 46.8 Å². The van der Waals surface area contributed by atoms with Crippen LogP contribution in [0.1, 0.15) is 15.9 Å². The summed E-state index contributed by atoms with van der Waals surface area (Å²) in [5.41, 5.74) is 0.817. The standard InChI is InChI=1S/C15H12N2O4S/c1-20-15(19)10-2-4-12(5-3-10)21-9-13(18)17-14-11(8-16)6-7-22-14/h2-7H,9H2,1H3,(H,17,18).